The van der Waals surface area contributed by atoms with Crippen LogP contribution >= 0.6 is 11.6 Å². The first-order chi connectivity index (χ1) is 12.1. The fourth-order valence-electron chi connectivity index (χ4n) is 2.79. The van der Waals surface area contributed by atoms with E-state index in [-0.39, 0.29) is 0 Å². The largest absolute Gasteiger partial charge is 0.489 e. The zero-order chi connectivity index (χ0) is 17.6. The van der Waals surface area contributed by atoms with Crippen molar-refractivity contribution < 1.29 is 14.6 Å². The van der Waals surface area contributed by atoms with Crippen molar-refractivity contribution >= 4 is 17.7 Å². The first-order valence-corrected chi connectivity index (χ1v) is 8.64. The van der Waals surface area contributed by atoms with E-state index in [4.69, 9.17) is 21.4 Å². The SMILES string of the molecule is O=C(O)N1CCN(Cc2ccc(COc3ccc(Cl)cc3)cc2)CC1. The summed E-state index contributed by atoms with van der Waals surface area (Å²) >= 11 is 5.86. The topological polar surface area (TPSA) is 53.0 Å². The molecule has 2 aromatic rings. The van der Waals surface area contributed by atoms with Crippen LogP contribution in [-0.2, 0) is 13.2 Å². The van der Waals surface area contributed by atoms with Gasteiger partial charge < -0.3 is 14.7 Å². The average molecular weight is 361 g/mol. The van der Waals surface area contributed by atoms with E-state index in [1.807, 2.05) is 24.3 Å². The number of halogens is 1. The normalized spacial score (nSPS) is 15.2. The third-order valence-electron chi connectivity index (χ3n) is 4.29. The summed E-state index contributed by atoms with van der Waals surface area (Å²) < 4.78 is 5.74. The molecule has 2 aromatic carbocycles. The summed E-state index contributed by atoms with van der Waals surface area (Å²) in [7, 11) is 0. The second-order valence-electron chi connectivity index (χ2n) is 6.10. The molecule has 0 aromatic heterocycles. The Morgan fingerprint density at radius 2 is 1.56 bits per heavy atom. The lowest BCUT2D eigenvalue weighted by molar-refractivity contribution is 0.103. The average Bonchev–Trinajstić information content (AvgIpc) is 2.63. The van der Waals surface area contributed by atoms with Crippen molar-refractivity contribution in [3.05, 3.63) is 64.7 Å². The minimum absolute atomic E-state index is 0.513. The van der Waals surface area contributed by atoms with Gasteiger partial charge >= 0.3 is 6.09 Å². The van der Waals surface area contributed by atoms with Gasteiger partial charge in [0.05, 0.1) is 0 Å². The first kappa shape index (κ1) is 17.6. The maximum atomic E-state index is 10.9. The van der Waals surface area contributed by atoms with Crippen LogP contribution in [0.2, 0.25) is 5.02 Å². The molecule has 1 amide bonds. The molecule has 3 rings (SSSR count). The minimum Gasteiger partial charge on any atom is -0.489 e. The third-order valence-corrected chi connectivity index (χ3v) is 4.54. The Bertz CT molecular complexity index is 696. The Balaban J connectivity index is 1.47. The molecule has 1 aliphatic heterocycles. The smallest absolute Gasteiger partial charge is 0.407 e. The molecule has 0 atom stereocenters. The summed E-state index contributed by atoms with van der Waals surface area (Å²) in [5, 5.41) is 9.68. The van der Waals surface area contributed by atoms with Crippen molar-refractivity contribution in [2.24, 2.45) is 0 Å². The van der Waals surface area contributed by atoms with E-state index in [0.717, 1.165) is 30.9 Å². The van der Waals surface area contributed by atoms with Gasteiger partial charge in [0.2, 0.25) is 0 Å². The Labute approximate surface area is 152 Å². The van der Waals surface area contributed by atoms with Gasteiger partial charge in [-0.25, -0.2) is 4.79 Å². The number of hydrogen-bond acceptors (Lipinski definition) is 3. The second kappa shape index (κ2) is 8.23. The van der Waals surface area contributed by atoms with E-state index < -0.39 is 6.09 Å². The number of amides is 1. The van der Waals surface area contributed by atoms with E-state index >= 15 is 0 Å². The quantitative estimate of drug-likeness (QED) is 0.883. The van der Waals surface area contributed by atoms with Crippen molar-refractivity contribution in [2.45, 2.75) is 13.2 Å². The highest BCUT2D eigenvalue weighted by Crippen LogP contribution is 2.17. The predicted octanol–water partition coefficient (Wildman–Crippen LogP) is 3.71. The Hall–Kier alpha value is -2.24. The maximum Gasteiger partial charge on any atom is 0.407 e. The molecule has 1 N–H and O–H groups in total. The highest BCUT2D eigenvalue weighted by atomic mass is 35.5. The second-order valence-corrected chi connectivity index (χ2v) is 6.54. The highest BCUT2D eigenvalue weighted by Gasteiger charge is 2.20. The number of hydrogen-bond donors (Lipinski definition) is 1. The number of carboxylic acid groups (broad SMARTS) is 1. The minimum atomic E-state index is -0.829. The van der Waals surface area contributed by atoms with Crippen LogP contribution in [0.3, 0.4) is 0 Å². The van der Waals surface area contributed by atoms with Crippen molar-refractivity contribution in [1.29, 1.82) is 0 Å². The van der Waals surface area contributed by atoms with Gasteiger partial charge in [-0.2, -0.15) is 0 Å². The molecule has 5 nitrogen and oxygen atoms in total. The van der Waals surface area contributed by atoms with Crippen molar-refractivity contribution in [3.8, 4) is 5.75 Å². The van der Waals surface area contributed by atoms with Gasteiger partial charge in [-0.15, -0.1) is 0 Å². The summed E-state index contributed by atoms with van der Waals surface area (Å²) in [5.41, 5.74) is 2.33. The summed E-state index contributed by atoms with van der Waals surface area (Å²) in [5.74, 6) is 0.796. The molecule has 0 saturated carbocycles. The molecular formula is C19H21ClN2O3. The van der Waals surface area contributed by atoms with Crippen LogP contribution in [0.25, 0.3) is 0 Å². The van der Waals surface area contributed by atoms with Gasteiger partial charge in [0, 0.05) is 37.7 Å². The standard InChI is InChI=1S/C19H21ClN2O3/c20-17-5-7-18(8-6-17)25-14-16-3-1-15(2-4-16)13-21-9-11-22(12-10-21)19(23)24/h1-8H,9-14H2,(H,23,24). The van der Waals surface area contributed by atoms with Gasteiger partial charge in [-0.05, 0) is 35.4 Å². The zero-order valence-electron chi connectivity index (χ0n) is 13.9. The zero-order valence-corrected chi connectivity index (χ0v) is 14.7. The van der Waals surface area contributed by atoms with Crippen LogP contribution in [0, 0.1) is 0 Å². The number of piperazine rings is 1. The van der Waals surface area contributed by atoms with Crippen molar-refractivity contribution in [3.63, 3.8) is 0 Å². The lowest BCUT2D eigenvalue weighted by Gasteiger charge is -2.33. The predicted molar refractivity (Wildman–Crippen MR) is 97.1 cm³/mol. The highest BCUT2D eigenvalue weighted by molar-refractivity contribution is 6.30. The Kier molecular flexibility index (Phi) is 5.79. The monoisotopic (exact) mass is 360 g/mol. The van der Waals surface area contributed by atoms with E-state index in [0.29, 0.717) is 24.7 Å². The molecule has 1 aliphatic rings. The van der Waals surface area contributed by atoms with E-state index in [2.05, 4.69) is 29.2 Å². The molecule has 25 heavy (non-hydrogen) atoms. The van der Waals surface area contributed by atoms with Crippen LogP contribution in [-0.4, -0.2) is 47.2 Å². The molecule has 1 heterocycles. The third kappa shape index (κ3) is 5.11. The summed E-state index contributed by atoms with van der Waals surface area (Å²) in [4.78, 5) is 14.7. The van der Waals surface area contributed by atoms with Gasteiger partial charge in [0.15, 0.2) is 0 Å². The molecule has 0 bridgehead atoms. The lowest BCUT2D eigenvalue weighted by Crippen LogP contribution is -2.47. The molecule has 0 radical (unpaired) electrons. The summed E-state index contributed by atoms with van der Waals surface area (Å²) in [6.07, 6.45) is -0.829. The van der Waals surface area contributed by atoms with Crippen molar-refractivity contribution in [1.82, 2.24) is 9.80 Å². The Morgan fingerprint density at radius 3 is 2.16 bits per heavy atom. The van der Waals surface area contributed by atoms with Crippen LogP contribution in [0.1, 0.15) is 11.1 Å². The molecule has 1 fully saturated rings. The number of carbonyl (C=O) groups is 1. The molecule has 0 unspecified atom stereocenters. The van der Waals surface area contributed by atoms with Crippen LogP contribution in [0.4, 0.5) is 4.79 Å². The molecular weight excluding hydrogens is 340 g/mol. The number of benzene rings is 2. The molecule has 0 spiro atoms. The molecule has 1 saturated heterocycles. The fourth-order valence-corrected chi connectivity index (χ4v) is 2.92. The summed E-state index contributed by atoms with van der Waals surface area (Å²) in [6.45, 7) is 4.04. The van der Waals surface area contributed by atoms with E-state index in [1.54, 1.807) is 0 Å². The summed E-state index contributed by atoms with van der Waals surface area (Å²) in [6, 6.07) is 15.7. The van der Waals surface area contributed by atoms with Crippen LogP contribution in [0.15, 0.2) is 48.5 Å². The van der Waals surface area contributed by atoms with E-state index in [1.165, 1.54) is 10.5 Å². The van der Waals surface area contributed by atoms with Gasteiger partial charge in [0.25, 0.3) is 0 Å². The Morgan fingerprint density at radius 1 is 0.960 bits per heavy atom. The molecule has 6 heteroatoms. The fraction of sp³-hybridized carbons (Fsp3) is 0.316. The first-order valence-electron chi connectivity index (χ1n) is 8.26. The van der Waals surface area contributed by atoms with Crippen molar-refractivity contribution in [2.75, 3.05) is 26.2 Å². The lowest BCUT2D eigenvalue weighted by atomic mass is 10.1. The van der Waals surface area contributed by atoms with Gasteiger partial charge in [-0.1, -0.05) is 35.9 Å². The maximum absolute atomic E-state index is 10.9. The van der Waals surface area contributed by atoms with Gasteiger partial charge in [0.1, 0.15) is 12.4 Å². The van der Waals surface area contributed by atoms with Crippen LogP contribution < -0.4 is 4.74 Å². The van der Waals surface area contributed by atoms with Crippen LogP contribution in [0.5, 0.6) is 5.75 Å². The van der Waals surface area contributed by atoms with E-state index in [9.17, 15) is 4.79 Å². The number of rotatable bonds is 5. The number of nitrogens with zero attached hydrogens (tertiary/aromatic N) is 2. The molecule has 132 valence electrons. The van der Waals surface area contributed by atoms with Gasteiger partial charge in [-0.3, -0.25) is 4.90 Å². The molecule has 0 aliphatic carbocycles. The number of ether oxygens (including phenoxy) is 1.